The van der Waals surface area contributed by atoms with Crippen LogP contribution in [0.1, 0.15) is 35.9 Å². The molecule has 0 spiro atoms. The van der Waals surface area contributed by atoms with Gasteiger partial charge in [0.15, 0.2) is 5.13 Å². The molecule has 2 amide bonds. The largest absolute Gasteiger partial charge is 0.333 e. The summed E-state index contributed by atoms with van der Waals surface area (Å²) in [4.78, 5) is 28.9. The van der Waals surface area contributed by atoms with Crippen molar-refractivity contribution >= 4 is 28.3 Å². The van der Waals surface area contributed by atoms with E-state index in [2.05, 4.69) is 10.3 Å². The van der Waals surface area contributed by atoms with E-state index in [9.17, 15) is 14.0 Å². The molecule has 0 aliphatic heterocycles. The van der Waals surface area contributed by atoms with E-state index in [-0.39, 0.29) is 23.3 Å². The van der Waals surface area contributed by atoms with Crippen LogP contribution in [0.2, 0.25) is 0 Å². The summed E-state index contributed by atoms with van der Waals surface area (Å²) in [5.74, 6) is -0.933. The van der Waals surface area contributed by atoms with E-state index in [1.807, 2.05) is 0 Å². The summed E-state index contributed by atoms with van der Waals surface area (Å²) in [6.45, 7) is 3.12. The lowest BCUT2D eigenvalue weighted by Crippen LogP contribution is -2.30. The Kier molecular flexibility index (Phi) is 4.87. The van der Waals surface area contributed by atoms with Gasteiger partial charge in [0.2, 0.25) is 5.91 Å². The monoisotopic (exact) mass is 321 g/mol. The van der Waals surface area contributed by atoms with Gasteiger partial charge in [0.05, 0.1) is 6.04 Å². The van der Waals surface area contributed by atoms with Crippen LogP contribution in [0.4, 0.5) is 9.52 Å². The number of nitrogens with zero attached hydrogens (tertiary/aromatic N) is 2. The molecule has 1 heterocycles. The molecule has 0 saturated carbocycles. The molecule has 0 aliphatic rings. The maximum Gasteiger partial charge on any atom is 0.273 e. The van der Waals surface area contributed by atoms with Crippen LogP contribution in [-0.4, -0.2) is 28.7 Å². The standard InChI is InChI=1S/C15H16FN3O2S/c1-9(11-6-4-5-7-12(11)16)19(3)14(21)13-8-22-15(18-13)17-10(2)20/h4-9H,1-3H3,(H,17,18,20)/t9-/m1/s1. The van der Waals surface area contributed by atoms with Crippen LogP contribution in [0.5, 0.6) is 0 Å². The molecular formula is C15H16FN3O2S. The predicted octanol–water partition coefficient (Wildman–Crippen LogP) is 3.07. The number of rotatable bonds is 4. The highest BCUT2D eigenvalue weighted by atomic mass is 32.1. The third-order valence-electron chi connectivity index (χ3n) is 3.26. The minimum absolute atomic E-state index is 0.222. The van der Waals surface area contributed by atoms with E-state index >= 15 is 0 Å². The van der Waals surface area contributed by atoms with E-state index in [1.54, 1.807) is 37.6 Å². The molecule has 1 N–H and O–H groups in total. The molecule has 0 saturated heterocycles. The number of benzene rings is 1. The number of nitrogens with one attached hydrogen (secondary N) is 1. The zero-order chi connectivity index (χ0) is 16.3. The number of hydrogen-bond donors (Lipinski definition) is 1. The molecule has 2 aromatic rings. The molecule has 1 aromatic carbocycles. The van der Waals surface area contributed by atoms with Crippen molar-refractivity contribution in [3.8, 4) is 0 Å². The number of carbonyl (C=O) groups is 2. The normalized spacial score (nSPS) is 11.8. The van der Waals surface area contributed by atoms with Gasteiger partial charge in [-0.2, -0.15) is 0 Å². The Morgan fingerprint density at radius 1 is 1.36 bits per heavy atom. The van der Waals surface area contributed by atoms with E-state index in [1.165, 1.54) is 29.2 Å². The van der Waals surface area contributed by atoms with Crippen LogP contribution < -0.4 is 5.32 Å². The fourth-order valence-corrected chi connectivity index (χ4v) is 2.69. The van der Waals surface area contributed by atoms with Crippen molar-refractivity contribution in [1.82, 2.24) is 9.88 Å². The quantitative estimate of drug-likeness (QED) is 0.941. The Balaban J connectivity index is 2.16. The molecular weight excluding hydrogens is 305 g/mol. The number of hydrogen-bond acceptors (Lipinski definition) is 4. The SMILES string of the molecule is CC(=O)Nc1nc(C(=O)N(C)[C@H](C)c2ccccc2F)cs1. The average Bonchev–Trinajstić information content (AvgIpc) is 2.93. The first-order valence-electron chi connectivity index (χ1n) is 6.65. The van der Waals surface area contributed by atoms with Gasteiger partial charge in [-0.25, -0.2) is 9.37 Å². The highest BCUT2D eigenvalue weighted by Crippen LogP contribution is 2.24. The number of amides is 2. The summed E-state index contributed by atoms with van der Waals surface area (Å²) >= 11 is 1.17. The third-order valence-corrected chi connectivity index (χ3v) is 4.02. The molecule has 7 heteroatoms. The predicted molar refractivity (Wildman–Crippen MR) is 83.3 cm³/mol. The lowest BCUT2D eigenvalue weighted by atomic mass is 10.1. The van der Waals surface area contributed by atoms with E-state index < -0.39 is 6.04 Å². The Morgan fingerprint density at radius 3 is 2.68 bits per heavy atom. The van der Waals surface area contributed by atoms with Gasteiger partial charge in [-0.15, -0.1) is 11.3 Å². The summed E-state index contributed by atoms with van der Waals surface area (Å²) < 4.78 is 13.8. The van der Waals surface area contributed by atoms with E-state index in [0.29, 0.717) is 10.7 Å². The zero-order valence-electron chi connectivity index (χ0n) is 12.5. The minimum Gasteiger partial charge on any atom is -0.333 e. The van der Waals surface area contributed by atoms with Crippen LogP contribution in [-0.2, 0) is 4.79 Å². The van der Waals surface area contributed by atoms with Crippen molar-refractivity contribution in [3.63, 3.8) is 0 Å². The second-order valence-corrected chi connectivity index (χ2v) is 5.69. The molecule has 0 bridgehead atoms. The molecule has 5 nitrogen and oxygen atoms in total. The maximum absolute atomic E-state index is 13.8. The first kappa shape index (κ1) is 16.1. The first-order chi connectivity index (χ1) is 10.4. The van der Waals surface area contributed by atoms with Gasteiger partial charge in [-0.3, -0.25) is 9.59 Å². The lowest BCUT2D eigenvalue weighted by molar-refractivity contribution is -0.114. The molecule has 1 aromatic heterocycles. The van der Waals surface area contributed by atoms with Gasteiger partial charge in [0, 0.05) is 24.9 Å². The zero-order valence-corrected chi connectivity index (χ0v) is 13.3. The van der Waals surface area contributed by atoms with Crippen molar-refractivity contribution in [2.24, 2.45) is 0 Å². The smallest absolute Gasteiger partial charge is 0.273 e. The minimum atomic E-state index is -0.431. The number of anilines is 1. The number of halogens is 1. The average molecular weight is 321 g/mol. The summed E-state index contributed by atoms with van der Waals surface area (Å²) in [7, 11) is 1.59. The van der Waals surface area contributed by atoms with Crippen molar-refractivity contribution < 1.29 is 14.0 Å². The molecule has 0 radical (unpaired) electrons. The van der Waals surface area contributed by atoms with Gasteiger partial charge in [-0.1, -0.05) is 18.2 Å². The van der Waals surface area contributed by atoms with Crippen LogP contribution in [0.3, 0.4) is 0 Å². The molecule has 0 unspecified atom stereocenters. The molecule has 0 aliphatic carbocycles. The van der Waals surface area contributed by atoms with Crippen LogP contribution in [0.15, 0.2) is 29.6 Å². The molecule has 22 heavy (non-hydrogen) atoms. The Labute approximate surface area is 131 Å². The fourth-order valence-electron chi connectivity index (χ4n) is 1.96. The van der Waals surface area contributed by atoms with Crippen LogP contribution in [0, 0.1) is 5.82 Å². The fraction of sp³-hybridized carbons (Fsp3) is 0.267. The highest BCUT2D eigenvalue weighted by Gasteiger charge is 2.23. The van der Waals surface area contributed by atoms with E-state index in [4.69, 9.17) is 0 Å². The number of carbonyl (C=O) groups excluding carboxylic acids is 2. The number of aromatic nitrogens is 1. The second-order valence-electron chi connectivity index (χ2n) is 4.83. The third kappa shape index (κ3) is 3.48. The van der Waals surface area contributed by atoms with Gasteiger partial charge in [-0.05, 0) is 13.0 Å². The topological polar surface area (TPSA) is 62.3 Å². The summed E-state index contributed by atoms with van der Waals surface area (Å²) in [6, 6.07) is 5.91. The second kappa shape index (κ2) is 6.65. The highest BCUT2D eigenvalue weighted by molar-refractivity contribution is 7.14. The Morgan fingerprint density at radius 2 is 2.05 bits per heavy atom. The van der Waals surface area contributed by atoms with Crippen molar-refractivity contribution in [1.29, 1.82) is 0 Å². The van der Waals surface area contributed by atoms with Crippen LogP contribution in [0.25, 0.3) is 0 Å². The molecule has 0 fully saturated rings. The van der Waals surface area contributed by atoms with Crippen molar-refractivity contribution in [2.75, 3.05) is 12.4 Å². The number of thiazole rings is 1. The Hall–Kier alpha value is -2.28. The van der Waals surface area contributed by atoms with Gasteiger partial charge >= 0.3 is 0 Å². The lowest BCUT2D eigenvalue weighted by Gasteiger charge is -2.24. The van der Waals surface area contributed by atoms with Crippen LogP contribution >= 0.6 is 11.3 Å². The van der Waals surface area contributed by atoms with Crippen molar-refractivity contribution in [3.05, 3.63) is 46.7 Å². The summed E-state index contributed by atoms with van der Waals surface area (Å²) in [5.41, 5.74) is 0.662. The van der Waals surface area contributed by atoms with Crippen molar-refractivity contribution in [2.45, 2.75) is 19.9 Å². The maximum atomic E-state index is 13.8. The van der Waals surface area contributed by atoms with Gasteiger partial charge in [0.25, 0.3) is 5.91 Å². The van der Waals surface area contributed by atoms with E-state index in [0.717, 1.165) is 0 Å². The summed E-state index contributed by atoms with van der Waals surface area (Å²) in [5, 5.41) is 4.46. The molecule has 116 valence electrons. The van der Waals surface area contributed by atoms with Gasteiger partial charge < -0.3 is 10.2 Å². The molecule has 1 atom stereocenters. The Bertz CT molecular complexity index is 702. The van der Waals surface area contributed by atoms with Gasteiger partial charge in [0.1, 0.15) is 11.5 Å². The first-order valence-corrected chi connectivity index (χ1v) is 7.52. The summed E-state index contributed by atoms with van der Waals surface area (Å²) in [6.07, 6.45) is 0. The molecule has 2 rings (SSSR count).